The third kappa shape index (κ3) is 36.5. The Hall–Kier alpha value is -1.69. The van der Waals surface area contributed by atoms with E-state index in [0.717, 1.165) is 32.1 Å². The summed E-state index contributed by atoms with van der Waals surface area (Å²) in [5, 5.41) is 32.9. The quantitative estimate of drug-likeness (QED) is 0.0377. The van der Waals surface area contributed by atoms with E-state index >= 15 is 0 Å². The highest BCUT2D eigenvalue weighted by molar-refractivity contribution is 5.81. The predicted octanol–water partition coefficient (Wildman–Crippen LogP) is 12.5. The molecule has 0 fully saturated rings. The van der Waals surface area contributed by atoms with Gasteiger partial charge in [-0.1, -0.05) is 210 Å². The highest BCUT2D eigenvalue weighted by atomic mass is 16.3. The highest BCUT2D eigenvalue weighted by Gasteiger charge is 2.22. The third-order valence-corrected chi connectivity index (χ3v) is 9.90. The van der Waals surface area contributed by atoms with Crippen molar-refractivity contribution in [3.05, 3.63) is 48.6 Å². The summed E-state index contributed by atoms with van der Waals surface area (Å²) in [6.45, 7) is 4.12. The van der Waals surface area contributed by atoms with Crippen molar-refractivity contribution < 1.29 is 20.1 Å². The number of aliphatic hydroxyl groups is 3. The minimum Gasteiger partial charge on any atom is -0.394 e. The topological polar surface area (TPSA) is 89.8 Å². The summed E-state index contributed by atoms with van der Waals surface area (Å²) < 4.78 is 0. The van der Waals surface area contributed by atoms with Gasteiger partial charge in [-0.25, -0.2) is 0 Å². The van der Waals surface area contributed by atoms with Gasteiger partial charge in [0.05, 0.1) is 18.8 Å². The van der Waals surface area contributed by atoms with Gasteiger partial charge in [0, 0.05) is 6.42 Å². The van der Waals surface area contributed by atoms with Crippen LogP contribution in [0.4, 0.5) is 0 Å². The van der Waals surface area contributed by atoms with E-state index < -0.39 is 30.8 Å². The van der Waals surface area contributed by atoms with Gasteiger partial charge in [-0.05, 0) is 44.9 Å². The van der Waals surface area contributed by atoms with Crippen LogP contribution in [0.15, 0.2) is 48.6 Å². The van der Waals surface area contributed by atoms with Crippen LogP contribution >= 0.6 is 0 Å². The van der Waals surface area contributed by atoms with E-state index in [0.29, 0.717) is 0 Å². The predicted molar refractivity (Wildman–Crippen MR) is 222 cm³/mol. The number of amides is 1. The lowest BCUT2D eigenvalue weighted by Gasteiger charge is -2.21. The number of rotatable bonds is 39. The first-order valence-electron chi connectivity index (χ1n) is 22.0. The van der Waals surface area contributed by atoms with Gasteiger partial charge in [0.2, 0.25) is 5.91 Å². The zero-order valence-corrected chi connectivity index (χ0v) is 33.7. The number of carbonyl (C=O) groups is 1. The number of allylic oxidation sites excluding steroid dienone is 6. The van der Waals surface area contributed by atoms with Gasteiger partial charge in [-0.2, -0.15) is 0 Å². The summed E-state index contributed by atoms with van der Waals surface area (Å²) in [5.41, 5.74) is 0. The van der Waals surface area contributed by atoms with Crippen molar-refractivity contribution in [2.45, 2.75) is 231 Å². The molecule has 0 spiro atoms. The molecule has 5 nitrogen and oxygen atoms in total. The normalized spacial score (nSPS) is 14.1. The summed E-state index contributed by atoms with van der Waals surface area (Å²) in [6.07, 6.45) is 53.2. The lowest BCUT2D eigenvalue weighted by Crippen LogP contribution is -2.48. The number of unbranched alkanes of at least 4 members (excludes halogenated alkanes) is 26. The highest BCUT2D eigenvalue weighted by Crippen LogP contribution is 2.15. The Labute approximate surface area is 316 Å². The van der Waals surface area contributed by atoms with Crippen molar-refractivity contribution in [2.75, 3.05) is 6.61 Å². The summed E-state index contributed by atoms with van der Waals surface area (Å²) in [6, 6.07) is -0.845. The van der Waals surface area contributed by atoms with Gasteiger partial charge in [-0.15, -0.1) is 0 Å². The fourth-order valence-corrected chi connectivity index (χ4v) is 6.42. The monoisotopic (exact) mass is 716 g/mol. The lowest BCUT2D eigenvalue weighted by atomic mass is 10.0. The van der Waals surface area contributed by atoms with Gasteiger partial charge in [0.15, 0.2) is 0 Å². The first-order valence-corrected chi connectivity index (χ1v) is 22.0. The fourth-order valence-electron chi connectivity index (χ4n) is 6.42. The van der Waals surface area contributed by atoms with Crippen LogP contribution in [0.2, 0.25) is 0 Å². The maximum atomic E-state index is 12.4. The van der Waals surface area contributed by atoms with E-state index in [1.54, 1.807) is 12.2 Å². The molecule has 0 saturated heterocycles. The molecule has 0 rings (SSSR count). The van der Waals surface area contributed by atoms with Crippen molar-refractivity contribution in [3.8, 4) is 0 Å². The molecule has 0 aliphatic heterocycles. The zero-order chi connectivity index (χ0) is 37.3. The van der Waals surface area contributed by atoms with Gasteiger partial charge < -0.3 is 20.6 Å². The smallest absolute Gasteiger partial charge is 0.249 e. The van der Waals surface area contributed by atoms with Crippen LogP contribution in [0.5, 0.6) is 0 Å². The van der Waals surface area contributed by atoms with Gasteiger partial charge in [-0.3, -0.25) is 4.79 Å². The van der Waals surface area contributed by atoms with Crippen LogP contribution in [-0.4, -0.2) is 46.1 Å². The van der Waals surface area contributed by atoms with Crippen LogP contribution in [0.25, 0.3) is 0 Å². The molecule has 0 aromatic rings. The number of aliphatic hydroxyl groups excluding tert-OH is 3. The van der Waals surface area contributed by atoms with Crippen molar-refractivity contribution in [2.24, 2.45) is 0 Å². The van der Waals surface area contributed by atoms with E-state index in [1.165, 1.54) is 161 Å². The molecule has 0 heterocycles. The summed E-state index contributed by atoms with van der Waals surface area (Å²) in [4.78, 5) is 12.4. The molecule has 0 radical (unpaired) electrons. The second-order valence-electron chi connectivity index (χ2n) is 14.9. The van der Waals surface area contributed by atoms with E-state index in [4.69, 9.17) is 0 Å². The van der Waals surface area contributed by atoms with Crippen LogP contribution in [0.3, 0.4) is 0 Å². The molecule has 51 heavy (non-hydrogen) atoms. The molecule has 4 N–H and O–H groups in total. The Morgan fingerprint density at radius 3 is 1.31 bits per heavy atom. The first-order chi connectivity index (χ1) is 25.1. The molecule has 0 aliphatic rings. The molecule has 5 heteroatoms. The second-order valence-corrected chi connectivity index (χ2v) is 14.9. The zero-order valence-electron chi connectivity index (χ0n) is 33.7. The van der Waals surface area contributed by atoms with E-state index in [2.05, 4.69) is 43.5 Å². The Kier molecular flexibility index (Phi) is 39.7. The number of hydrogen-bond donors (Lipinski definition) is 4. The van der Waals surface area contributed by atoms with E-state index in [9.17, 15) is 20.1 Å². The molecule has 3 unspecified atom stereocenters. The van der Waals surface area contributed by atoms with Crippen molar-refractivity contribution in [1.82, 2.24) is 5.32 Å². The molecule has 3 atom stereocenters. The Morgan fingerprint density at radius 2 is 0.863 bits per heavy atom. The molecular weight excluding hydrogens is 631 g/mol. The average molecular weight is 716 g/mol. The molecule has 0 aliphatic carbocycles. The fraction of sp³-hybridized carbons (Fsp3) is 0.804. The van der Waals surface area contributed by atoms with Crippen molar-refractivity contribution in [1.29, 1.82) is 0 Å². The molecular formula is C46H85NO4. The van der Waals surface area contributed by atoms with E-state index in [1.807, 2.05) is 12.2 Å². The van der Waals surface area contributed by atoms with E-state index in [-0.39, 0.29) is 6.42 Å². The molecule has 0 aromatic heterocycles. The Balaban J connectivity index is 3.72. The third-order valence-electron chi connectivity index (χ3n) is 9.90. The summed E-state index contributed by atoms with van der Waals surface area (Å²) >= 11 is 0. The minimum atomic E-state index is -1.21. The van der Waals surface area contributed by atoms with Crippen molar-refractivity contribution in [3.63, 3.8) is 0 Å². The number of nitrogens with one attached hydrogen (secondary N) is 1. The molecule has 0 aromatic carbocycles. The van der Waals surface area contributed by atoms with Gasteiger partial charge in [0.1, 0.15) is 6.10 Å². The molecule has 0 saturated carbocycles. The SMILES string of the molecule is CCCCCCCC/C=C\C/C=C\CC(O)C(=O)NC(CO)C(O)/C=C/CC/C=C/CCCCCCCCCCCCCCCCCCCCC. The number of hydrogen-bond acceptors (Lipinski definition) is 4. The van der Waals surface area contributed by atoms with Crippen molar-refractivity contribution >= 4 is 5.91 Å². The maximum Gasteiger partial charge on any atom is 0.249 e. The largest absolute Gasteiger partial charge is 0.394 e. The lowest BCUT2D eigenvalue weighted by molar-refractivity contribution is -0.131. The first kappa shape index (κ1) is 49.3. The summed E-state index contributed by atoms with van der Waals surface area (Å²) in [5.74, 6) is -0.581. The molecule has 0 bridgehead atoms. The maximum absolute atomic E-state index is 12.4. The molecule has 298 valence electrons. The van der Waals surface area contributed by atoms with Crippen LogP contribution in [0, 0.1) is 0 Å². The van der Waals surface area contributed by atoms with Gasteiger partial charge in [0.25, 0.3) is 0 Å². The van der Waals surface area contributed by atoms with Crippen LogP contribution in [0.1, 0.15) is 213 Å². The van der Waals surface area contributed by atoms with Gasteiger partial charge >= 0.3 is 0 Å². The standard InChI is InChI=1S/C46H85NO4/c1-3-5-7-9-11-13-15-17-18-19-20-21-22-23-24-25-26-27-28-29-31-32-34-36-38-40-44(49)43(42-48)47-46(51)45(50)41-39-37-35-33-30-16-14-12-10-8-6-4-2/h30-33,37-40,43-45,48-50H,3-29,34-36,41-42H2,1-2H3,(H,47,51)/b32-31+,33-30-,39-37-,40-38+. The summed E-state index contributed by atoms with van der Waals surface area (Å²) in [7, 11) is 0. The number of carbonyl (C=O) groups excluding carboxylic acids is 1. The minimum absolute atomic E-state index is 0.201. The second kappa shape index (κ2) is 41.1. The van der Waals surface area contributed by atoms with Crippen LogP contribution in [-0.2, 0) is 4.79 Å². The Bertz CT molecular complexity index is 835. The molecule has 1 amide bonds. The van der Waals surface area contributed by atoms with Crippen LogP contribution < -0.4 is 5.32 Å². The Morgan fingerprint density at radius 1 is 0.490 bits per heavy atom. The average Bonchev–Trinajstić information content (AvgIpc) is 3.13.